The molecule has 2 amide bonds. The Balaban J connectivity index is 1.33. The highest BCUT2D eigenvalue weighted by Crippen LogP contribution is 2.38. The molecular formula is C24H23N3O3. The molecule has 6 heteroatoms. The van der Waals surface area contributed by atoms with Gasteiger partial charge in [0.15, 0.2) is 0 Å². The molecule has 2 atom stereocenters. The average molecular weight is 401 g/mol. The fourth-order valence-electron chi connectivity index (χ4n) is 3.13. The summed E-state index contributed by atoms with van der Waals surface area (Å²) in [5, 5.41) is 5.76. The van der Waals surface area contributed by atoms with E-state index in [1.54, 1.807) is 42.6 Å². The van der Waals surface area contributed by atoms with E-state index in [2.05, 4.69) is 22.5 Å². The lowest BCUT2D eigenvalue weighted by atomic mass is 10.2. The second kappa shape index (κ2) is 8.78. The second-order valence-electron chi connectivity index (χ2n) is 7.48. The fourth-order valence-corrected chi connectivity index (χ4v) is 3.13. The van der Waals surface area contributed by atoms with Gasteiger partial charge < -0.3 is 15.4 Å². The summed E-state index contributed by atoms with van der Waals surface area (Å²) in [6.45, 7) is 2.42. The molecule has 0 spiro atoms. The number of amides is 2. The van der Waals surface area contributed by atoms with Crippen LogP contribution in [0.5, 0.6) is 5.75 Å². The number of benzene rings is 2. The van der Waals surface area contributed by atoms with Gasteiger partial charge in [0.1, 0.15) is 12.4 Å². The first-order valence-corrected chi connectivity index (χ1v) is 9.93. The normalized spacial score (nSPS) is 17.1. The Morgan fingerprint density at radius 3 is 2.50 bits per heavy atom. The van der Waals surface area contributed by atoms with Crippen LogP contribution in [-0.2, 0) is 11.4 Å². The minimum absolute atomic E-state index is 0.0437. The van der Waals surface area contributed by atoms with E-state index in [1.807, 2.05) is 30.3 Å². The summed E-state index contributed by atoms with van der Waals surface area (Å²) in [5.41, 5.74) is 2.67. The van der Waals surface area contributed by atoms with Crippen LogP contribution in [0.3, 0.4) is 0 Å². The van der Waals surface area contributed by atoms with Crippen molar-refractivity contribution in [1.29, 1.82) is 0 Å². The standard InChI is InChI=1S/C24H23N3O3/c1-16-13-22(16)24(29)26-18-10-8-17(9-11-18)23(28)27-19-6-4-7-21(14-19)30-15-20-5-2-3-12-25-20/h2-12,14,16,22H,13,15H2,1H3,(H,26,29)(H,27,28). The van der Waals surface area contributed by atoms with E-state index in [4.69, 9.17) is 4.74 Å². The monoisotopic (exact) mass is 401 g/mol. The second-order valence-corrected chi connectivity index (χ2v) is 7.48. The lowest BCUT2D eigenvalue weighted by Gasteiger charge is -2.10. The molecular weight excluding hydrogens is 378 g/mol. The minimum atomic E-state index is -0.231. The lowest BCUT2D eigenvalue weighted by Crippen LogP contribution is -2.15. The maximum Gasteiger partial charge on any atom is 0.255 e. The number of hydrogen-bond acceptors (Lipinski definition) is 4. The van der Waals surface area contributed by atoms with Crippen molar-refractivity contribution in [2.75, 3.05) is 10.6 Å². The largest absolute Gasteiger partial charge is 0.487 e. The minimum Gasteiger partial charge on any atom is -0.487 e. The highest BCUT2D eigenvalue weighted by Gasteiger charge is 2.39. The Kier molecular flexibility index (Phi) is 5.75. The Labute approximate surface area is 175 Å². The molecule has 0 radical (unpaired) electrons. The first-order valence-electron chi connectivity index (χ1n) is 9.93. The highest BCUT2D eigenvalue weighted by atomic mass is 16.5. The summed E-state index contributed by atoms with van der Waals surface area (Å²) in [6, 6.07) is 19.8. The number of nitrogens with zero attached hydrogens (tertiary/aromatic N) is 1. The van der Waals surface area contributed by atoms with Crippen molar-refractivity contribution >= 4 is 23.2 Å². The Morgan fingerprint density at radius 2 is 1.80 bits per heavy atom. The van der Waals surface area contributed by atoms with Gasteiger partial charge in [-0.2, -0.15) is 0 Å². The number of hydrogen-bond donors (Lipinski definition) is 2. The first kappa shape index (κ1) is 19.6. The number of aromatic nitrogens is 1. The number of carbonyl (C=O) groups is 2. The van der Waals surface area contributed by atoms with Crippen molar-refractivity contribution in [3.05, 3.63) is 84.2 Å². The number of pyridine rings is 1. The topological polar surface area (TPSA) is 80.3 Å². The zero-order chi connectivity index (χ0) is 20.9. The lowest BCUT2D eigenvalue weighted by molar-refractivity contribution is -0.117. The van der Waals surface area contributed by atoms with E-state index in [0.29, 0.717) is 35.2 Å². The van der Waals surface area contributed by atoms with E-state index in [0.717, 1.165) is 12.1 Å². The number of ether oxygens (including phenoxy) is 1. The van der Waals surface area contributed by atoms with Crippen LogP contribution < -0.4 is 15.4 Å². The SMILES string of the molecule is CC1CC1C(=O)Nc1ccc(C(=O)Nc2cccc(OCc3ccccn3)c2)cc1. The van der Waals surface area contributed by atoms with Crippen molar-refractivity contribution in [1.82, 2.24) is 4.98 Å². The van der Waals surface area contributed by atoms with Gasteiger partial charge in [-0.1, -0.05) is 19.1 Å². The molecule has 1 saturated carbocycles. The van der Waals surface area contributed by atoms with E-state index in [9.17, 15) is 9.59 Å². The highest BCUT2D eigenvalue weighted by molar-refractivity contribution is 6.04. The number of rotatable bonds is 7. The average Bonchev–Trinajstić information content (AvgIpc) is 3.50. The van der Waals surface area contributed by atoms with Crippen LogP contribution in [0.1, 0.15) is 29.4 Å². The van der Waals surface area contributed by atoms with Crippen molar-refractivity contribution < 1.29 is 14.3 Å². The molecule has 2 N–H and O–H groups in total. The molecule has 2 aromatic carbocycles. The van der Waals surface area contributed by atoms with Gasteiger partial charge in [0.05, 0.1) is 5.69 Å². The molecule has 1 heterocycles. The third-order valence-electron chi connectivity index (χ3n) is 5.07. The Morgan fingerprint density at radius 1 is 1.00 bits per heavy atom. The molecule has 1 aliphatic rings. The molecule has 0 aliphatic heterocycles. The molecule has 152 valence electrons. The predicted molar refractivity (Wildman–Crippen MR) is 115 cm³/mol. The third kappa shape index (κ3) is 5.03. The van der Waals surface area contributed by atoms with Crippen molar-refractivity contribution in [3.8, 4) is 5.75 Å². The van der Waals surface area contributed by atoms with E-state index < -0.39 is 0 Å². The van der Waals surface area contributed by atoms with Crippen molar-refractivity contribution in [2.24, 2.45) is 11.8 Å². The van der Waals surface area contributed by atoms with Gasteiger partial charge in [0.2, 0.25) is 5.91 Å². The van der Waals surface area contributed by atoms with Gasteiger partial charge in [0.25, 0.3) is 5.91 Å². The number of anilines is 2. The van der Waals surface area contributed by atoms with Gasteiger partial charge in [-0.05, 0) is 60.9 Å². The molecule has 4 rings (SSSR count). The number of nitrogens with one attached hydrogen (secondary N) is 2. The molecule has 0 saturated heterocycles. The Bertz CT molecular complexity index is 1040. The van der Waals surface area contributed by atoms with E-state index in [-0.39, 0.29) is 17.7 Å². The molecule has 1 aromatic heterocycles. The summed E-state index contributed by atoms with van der Waals surface area (Å²) >= 11 is 0. The molecule has 3 aromatic rings. The van der Waals surface area contributed by atoms with Crippen LogP contribution in [-0.4, -0.2) is 16.8 Å². The van der Waals surface area contributed by atoms with Crippen molar-refractivity contribution in [3.63, 3.8) is 0 Å². The van der Waals surface area contributed by atoms with Crippen LogP contribution in [0.2, 0.25) is 0 Å². The zero-order valence-electron chi connectivity index (χ0n) is 16.7. The summed E-state index contributed by atoms with van der Waals surface area (Å²) in [6.07, 6.45) is 2.66. The zero-order valence-corrected chi connectivity index (χ0v) is 16.7. The van der Waals surface area contributed by atoms with Gasteiger partial charge in [0, 0.05) is 35.1 Å². The Hall–Kier alpha value is -3.67. The molecule has 1 fully saturated rings. The van der Waals surface area contributed by atoms with E-state index >= 15 is 0 Å². The third-order valence-corrected chi connectivity index (χ3v) is 5.07. The van der Waals surface area contributed by atoms with Crippen LogP contribution in [0.4, 0.5) is 11.4 Å². The summed E-state index contributed by atoms with van der Waals surface area (Å²) in [5.74, 6) is 1.03. The van der Waals surface area contributed by atoms with Crippen LogP contribution in [0.15, 0.2) is 72.9 Å². The van der Waals surface area contributed by atoms with Gasteiger partial charge in [-0.25, -0.2) is 0 Å². The van der Waals surface area contributed by atoms with Crippen LogP contribution >= 0.6 is 0 Å². The maximum absolute atomic E-state index is 12.6. The summed E-state index contributed by atoms with van der Waals surface area (Å²) in [4.78, 5) is 28.8. The van der Waals surface area contributed by atoms with Gasteiger partial charge in [-0.15, -0.1) is 0 Å². The van der Waals surface area contributed by atoms with Crippen LogP contribution in [0, 0.1) is 11.8 Å². The fraction of sp³-hybridized carbons (Fsp3) is 0.208. The van der Waals surface area contributed by atoms with Crippen LogP contribution in [0.25, 0.3) is 0 Å². The summed E-state index contributed by atoms with van der Waals surface area (Å²) < 4.78 is 5.75. The maximum atomic E-state index is 12.6. The first-order chi connectivity index (χ1) is 14.6. The van der Waals surface area contributed by atoms with Crippen molar-refractivity contribution in [2.45, 2.75) is 20.0 Å². The van der Waals surface area contributed by atoms with Gasteiger partial charge in [-0.3, -0.25) is 14.6 Å². The molecule has 2 unspecified atom stereocenters. The van der Waals surface area contributed by atoms with E-state index in [1.165, 1.54) is 0 Å². The molecule has 6 nitrogen and oxygen atoms in total. The number of carbonyl (C=O) groups excluding carboxylic acids is 2. The molecule has 1 aliphatic carbocycles. The smallest absolute Gasteiger partial charge is 0.255 e. The quantitative estimate of drug-likeness (QED) is 0.611. The molecule has 0 bridgehead atoms. The van der Waals surface area contributed by atoms with Gasteiger partial charge >= 0.3 is 0 Å². The summed E-state index contributed by atoms with van der Waals surface area (Å²) in [7, 11) is 0. The predicted octanol–water partition coefficient (Wildman–Crippen LogP) is 4.51. The molecule has 30 heavy (non-hydrogen) atoms.